The van der Waals surface area contributed by atoms with Crippen LogP contribution in [-0.4, -0.2) is 33.5 Å². The number of carbonyl (C=O) groups is 1. The van der Waals surface area contributed by atoms with E-state index in [2.05, 4.69) is 14.5 Å². The molecule has 0 spiro atoms. The lowest BCUT2D eigenvalue weighted by Gasteiger charge is -2.13. The summed E-state index contributed by atoms with van der Waals surface area (Å²) in [5.41, 5.74) is 11.7. The number of carbonyl (C=O) groups excluding carboxylic acids is 1. The molecule has 1 aromatic heterocycles. The molecule has 7 heteroatoms. The fourth-order valence-corrected chi connectivity index (χ4v) is 2.18. The number of likely N-dealkylation sites (tertiary alicyclic amines) is 1. The Morgan fingerprint density at radius 1 is 1.67 bits per heavy atom. The van der Waals surface area contributed by atoms with E-state index in [1.54, 1.807) is 0 Å². The third-order valence-corrected chi connectivity index (χ3v) is 3.23. The molecule has 1 atom stereocenters. The van der Waals surface area contributed by atoms with Gasteiger partial charge in [-0.1, -0.05) is 4.49 Å². The summed E-state index contributed by atoms with van der Waals surface area (Å²) in [5.74, 6) is -0.250. The Bertz CT molecular complexity index is 366. The minimum Gasteiger partial charge on any atom is -0.388 e. The zero-order valence-electron chi connectivity index (χ0n) is 8.22. The molecule has 0 aliphatic carbocycles. The zero-order chi connectivity index (χ0) is 10.8. The summed E-state index contributed by atoms with van der Waals surface area (Å²) in [6, 6.07) is 0. The smallest absolute Gasteiger partial charge is 0.221 e. The lowest BCUT2D eigenvalue weighted by Crippen LogP contribution is -2.27. The van der Waals surface area contributed by atoms with Gasteiger partial charge in [-0.3, -0.25) is 9.69 Å². The molecule has 4 N–H and O–H groups in total. The highest BCUT2D eigenvalue weighted by Crippen LogP contribution is 2.20. The van der Waals surface area contributed by atoms with Crippen molar-refractivity contribution in [3.8, 4) is 0 Å². The van der Waals surface area contributed by atoms with Crippen molar-refractivity contribution in [3.05, 3.63) is 5.69 Å². The van der Waals surface area contributed by atoms with Crippen molar-refractivity contribution < 1.29 is 4.79 Å². The summed E-state index contributed by atoms with van der Waals surface area (Å²) >= 11 is 1.19. The molecular weight excluding hydrogens is 214 g/mol. The average Bonchev–Trinajstić information content (AvgIpc) is 2.77. The van der Waals surface area contributed by atoms with Crippen molar-refractivity contribution in [3.63, 3.8) is 0 Å². The van der Waals surface area contributed by atoms with E-state index in [9.17, 15) is 4.79 Å². The fourth-order valence-electron chi connectivity index (χ4n) is 1.75. The standard InChI is InChI=1S/C8H13N5OS/c9-7(14)5-1-2-13(3-5)4-6-8(10)15-12-11-6/h5H,1-4,10H2,(H2,9,14). The zero-order valence-corrected chi connectivity index (χ0v) is 9.04. The van der Waals surface area contributed by atoms with Crippen LogP contribution in [-0.2, 0) is 11.3 Å². The van der Waals surface area contributed by atoms with Gasteiger partial charge in [0.2, 0.25) is 5.91 Å². The summed E-state index contributed by atoms with van der Waals surface area (Å²) < 4.78 is 3.77. The molecule has 1 aliphatic rings. The highest BCUT2D eigenvalue weighted by Gasteiger charge is 2.27. The number of primary amides is 1. The van der Waals surface area contributed by atoms with Gasteiger partial charge in [-0.2, -0.15) is 0 Å². The van der Waals surface area contributed by atoms with Gasteiger partial charge >= 0.3 is 0 Å². The quantitative estimate of drug-likeness (QED) is 0.720. The number of rotatable bonds is 3. The molecule has 0 aromatic carbocycles. The maximum atomic E-state index is 11.0. The molecule has 0 radical (unpaired) electrons. The van der Waals surface area contributed by atoms with Crippen LogP contribution in [0.4, 0.5) is 5.00 Å². The van der Waals surface area contributed by atoms with Gasteiger partial charge in [0.15, 0.2) is 0 Å². The Hall–Kier alpha value is -1.21. The van der Waals surface area contributed by atoms with Crippen molar-refractivity contribution >= 4 is 22.4 Å². The molecule has 2 heterocycles. The van der Waals surface area contributed by atoms with Gasteiger partial charge < -0.3 is 11.5 Å². The second-order valence-corrected chi connectivity index (χ2v) is 4.49. The van der Waals surface area contributed by atoms with Crippen LogP contribution < -0.4 is 11.5 Å². The molecule has 82 valence electrons. The van der Waals surface area contributed by atoms with Gasteiger partial charge in [-0.05, 0) is 13.0 Å². The molecule has 6 nitrogen and oxygen atoms in total. The number of anilines is 1. The van der Waals surface area contributed by atoms with Crippen LogP contribution in [0.2, 0.25) is 0 Å². The van der Waals surface area contributed by atoms with Gasteiger partial charge in [0, 0.05) is 24.6 Å². The monoisotopic (exact) mass is 227 g/mol. The van der Waals surface area contributed by atoms with E-state index in [-0.39, 0.29) is 11.8 Å². The first-order valence-corrected chi connectivity index (χ1v) is 5.52. The van der Waals surface area contributed by atoms with Crippen LogP contribution in [0.25, 0.3) is 0 Å². The Morgan fingerprint density at radius 2 is 2.47 bits per heavy atom. The van der Waals surface area contributed by atoms with Gasteiger partial charge in [-0.25, -0.2) is 0 Å². The Morgan fingerprint density at radius 3 is 3.00 bits per heavy atom. The van der Waals surface area contributed by atoms with E-state index in [1.807, 2.05) is 0 Å². The number of hydrogen-bond acceptors (Lipinski definition) is 6. The van der Waals surface area contributed by atoms with Gasteiger partial charge in [0.25, 0.3) is 0 Å². The highest BCUT2D eigenvalue weighted by molar-refractivity contribution is 7.09. The molecule has 1 aromatic rings. The molecule has 1 unspecified atom stereocenters. The van der Waals surface area contributed by atoms with Gasteiger partial charge in [0.05, 0.1) is 5.92 Å². The third kappa shape index (κ3) is 2.24. The lowest BCUT2D eigenvalue weighted by atomic mass is 10.1. The Labute approximate surface area is 91.4 Å². The number of nitrogens with two attached hydrogens (primary N) is 2. The van der Waals surface area contributed by atoms with E-state index in [4.69, 9.17) is 11.5 Å². The first kappa shape index (κ1) is 10.3. The minimum absolute atomic E-state index is 0.0298. The maximum absolute atomic E-state index is 11.0. The first-order valence-electron chi connectivity index (χ1n) is 4.75. The van der Waals surface area contributed by atoms with E-state index in [0.717, 1.165) is 18.7 Å². The van der Waals surface area contributed by atoms with Gasteiger partial charge in [-0.15, -0.1) is 5.10 Å². The summed E-state index contributed by atoms with van der Waals surface area (Å²) in [5, 5.41) is 4.59. The van der Waals surface area contributed by atoms with Crippen molar-refractivity contribution in [1.82, 2.24) is 14.5 Å². The lowest BCUT2D eigenvalue weighted by molar-refractivity contribution is -0.121. The van der Waals surface area contributed by atoms with Crippen LogP contribution in [0.5, 0.6) is 0 Å². The molecule has 1 amide bonds. The average molecular weight is 227 g/mol. The molecule has 15 heavy (non-hydrogen) atoms. The van der Waals surface area contributed by atoms with Crippen LogP contribution in [0.3, 0.4) is 0 Å². The Balaban J connectivity index is 1.93. The van der Waals surface area contributed by atoms with Crippen LogP contribution >= 0.6 is 11.5 Å². The second kappa shape index (κ2) is 4.11. The predicted molar refractivity (Wildman–Crippen MR) is 56.9 cm³/mol. The highest BCUT2D eigenvalue weighted by atomic mass is 32.1. The molecule has 1 fully saturated rings. The van der Waals surface area contributed by atoms with Crippen LogP contribution in [0.15, 0.2) is 0 Å². The van der Waals surface area contributed by atoms with E-state index in [1.165, 1.54) is 11.5 Å². The number of nitrogen functional groups attached to an aromatic ring is 1. The van der Waals surface area contributed by atoms with Crippen molar-refractivity contribution in [2.75, 3.05) is 18.8 Å². The third-order valence-electron chi connectivity index (χ3n) is 2.63. The topological polar surface area (TPSA) is 98.1 Å². The summed E-state index contributed by atoms with van der Waals surface area (Å²) in [4.78, 5) is 13.1. The molecule has 1 aliphatic heterocycles. The summed E-state index contributed by atoms with van der Waals surface area (Å²) in [6.07, 6.45) is 0.826. The number of hydrogen-bond donors (Lipinski definition) is 2. The molecule has 0 saturated carbocycles. The largest absolute Gasteiger partial charge is 0.388 e. The van der Waals surface area contributed by atoms with E-state index in [0.29, 0.717) is 18.1 Å². The minimum atomic E-state index is -0.220. The summed E-state index contributed by atoms with van der Waals surface area (Å²) in [6.45, 7) is 2.23. The number of amides is 1. The normalized spacial score (nSPS) is 22.0. The molecular formula is C8H13N5OS. The predicted octanol–water partition coefficient (Wildman–Crippen LogP) is -0.573. The Kier molecular flexibility index (Phi) is 2.83. The summed E-state index contributed by atoms with van der Waals surface area (Å²) in [7, 11) is 0. The number of nitrogens with zero attached hydrogens (tertiary/aromatic N) is 3. The maximum Gasteiger partial charge on any atom is 0.221 e. The van der Waals surface area contributed by atoms with E-state index >= 15 is 0 Å². The van der Waals surface area contributed by atoms with E-state index < -0.39 is 0 Å². The van der Waals surface area contributed by atoms with Crippen molar-refractivity contribution in [1.29, 1.82) is 0 Å². The van der Waals surface area contributed by atoms with Crippen LogP contribution in [0.1, 0.15) is 12.1 Å². The second-order valence-electron chi connectivity index (χ2n) is 3.71. The van der Waals surface area contributed by atoms with Gasteiger partial charge in [0.1, 0.15) is 10.7 Å². The SMILES string of the molecule is NC(=O)C1CCN(Cc2nnsc2N)C1. The fraction of sp³-hybridized carbons (Fsp3) is 0.625. The molecule has 1 saturated heterocycles. The first-order chi connectivity index (χ1) is 7.16. The van der Waals surface area contributed by atoms with Crippen molar-refractivity contribution in [2.24, 2.45) is 11.7 Å². The molecule has 2 rings (SSSR count). The number of aromatic nitrogens is 2. The van der Waals surface area contributed by atoms with Crippen LogP contribution in [0, 0.1) is 5.92 Å². The molecule has 0 bridgehead atoms. The van der Waals surface area contributed by atoms with Crippen molar-refractivity contribution in [2.45, 2.75) is 13.0 Å².